The van der Waals surface area contributed by atoms with Gasteiger partial charge in [0.2, 0.25) is 10.0 Å². The zero-order valence-electron chi connectivity index (χ0n) is 9.16. The average Bonchev–Trinajstić information content (AvgIpc) is 2.64. The van der Waals surface area contributed by atoms with Crippen LogP contribution in [-0.2, 0) is 14.8 Å². The van der Waals surface area contributed by atoms with Crippen molar-refractivity contribution in [1.29, 1.82) is 0 Å². The average molecular weight is 236 g/mol. The van der Waals surface area contributed by atoms with Gasteiger partial charge in [0.05, 0.1) is 12.4 Å². The van der Waals surface area contributed by atoms with Crippen LogP contribution in [0.3, 0.4) is 0 Å². The van der Waals surface area contributed by atoms with Crippen LogP contribution in [0.25, 0.3) is 0 Å². The van der Waals surface area contributed by atoms with Gasteiger partial charge in [0, 0.05) is 12.6 Å². The van der Waals surface area contributed by atoms with Crippen LogP contribution in [0.4, 0.5) is 0 Å². The Bertz CT molecular complexity index is 261. The number of rotatable bonds is 7. The summed E-state index contributed by atoms with van der Waals surface area (Å²) < 4.78 is 30.9. The van der Waals surface area contributed by atoms with E-state index in [4.69, 9.17) is 4.74 Å². The second kappa shape index (κ2) is 6.42. The summed E-state index contributed by atoms with van der Waals surface area (Å²) in [5, 5.41) is 3.10. The molecule has 15 heavy (non-hydrogen) atoms. The molecular weight excluding hydrogens is 216 g/mol. The van der Waals surface area contributed by atoms with Crippen LogP contribution in [0.2, 0.25) is 0 Å². The van der Waals surface area contributed by atoms with Gasteiger partial charge in [0.15, 0.2) is 0 Å². The molecule has 0 bridgehead atoms. The quantitative estimate of drug-likeness (QED) is 0.595. The van der Waals surface area contributed by atoms with Crippen molar-refractivity contribution < 1.29 is 13.2 Å². The van der Waals surface area contributed by atoms with Crippen LogP contribution < -0.4 is 10.0 Å². The zero-order chi connectivity index (χ0) is 11.1. The van der Waals surface area contributed by atoms with E-state index in [0.717, 1.165) is 19.5 Å². The number of sulfonamides is 1. The van der Waals surface area contributed by atoms with Crippen molar-refractivity contribution >= 4 is 10.0 Å². The highest BCUT2D eigenvalue weighted by atomic mass is 32.2. The Labute approximate surface area is 91.6 Å². The molecule has 1 saturated heterocycles. The first-order valence-electron chi connectivity index (χ1n) is 5.42. The van der Waals surface area contributed by atoms with Crippen LogP contribution in [0, 0.1) is 0 Å². The summed E-state index contributed by atoms with van der Waals surface area (Å²) >= 11 is 0. The fourth-order valence-corrected chi connectivity index (χ4v) is 2.84. The Morgan fingerprint density at radius 3 is 2.87 bits per heavy atom. The topological polar surface area (TPSA) is 67.4 Å². The first-order chi connectivity index (χ1) is 7.14. The lowest BCUT2D eigenvalue weighted by Crippen LogP contribution is -2.37. The Balaban J connectivity index is 2.19. The molecular formula is C9H20N2O3S. The Kier molecular flexibility index (Phi) is 5.52. The van der Waals surface area contributed by atoms with E-state index in [0.29, 0.717) is 19.6 Å². The maximum atomic E-state index is 11.6. The molecule has 1 atom stereocenters. The van der Waals surface area contributed by atoms with Gasteiger partial charge in [-0.15, -0.1) is 0 Å². The highest BCUT2D eigenvalue weighted by Gasteiger charge is 2.21. The first-order valence-corrected chi connectivity index (χ1v) is 7.08. The molecule has 0 aromatic rings. The van der Waals surface area contributed by atoms with Crippen LogP contribution in [0.5, 0.6) is 0 Å². The lowest BCUT2D eigenvalue weighted by molar-refractivity contribution is 0.192. The van der Waals surface area contributed by atoms with E-state index in [2.05, 4.69) is 10.0 Å². The van der Waals surface area contributed by atoms with Crippen LogP contribution >= 0.6 is 0 Å². The molecule has 0 aliphatic carbocycles. The normalized spacial score (nSPS) is 22.1. The summed E-state index contributed by atoms with van der Waals surface area (Å²) in [7, 11) is -3.12. The first kappa shape index (κ1) is 12.9. The number of hydrogen-bond donors (Lipinski definition) is 2. The zero-order valence-corrected chi connectivity index (χ0v) is 9.98. The van der Waals surface area contributed by atoms with E-state index in [1.54, 1.807) is 0 Å². The van der Waals surface area contributed by atoms with Crippen molar-refractivity contribution in [1.82, 2.24) is 10.0 Å². The predicted molar refractivity (Wildman–Crippen MR) is 59.3 cm³/mol. The van der Waals surface area contributed by atoms with Gasteiger partial charge in [0.1, 0.15) is 0 Å². The van der Waals surface area contributed by atoms with Gasteiger partial charge in [-0.3, -0.25) is 0 Å². The van der Waals surface area contributed by atoms with Crippen molar-refractivity contribution in [3.8, 4) is 0 Å². The minimum absolute atomic E-state index is 0.0193. The Morgan fingerprint density at radius 1 is 1.47 bits per heavy atom. The van der Waals surface area contributed by atoms with Gasteiger partial charge >= 0.3 is 0 Å². The lowest BCUT2D eigenvalue weighted by atomic mass is 10.3. The second-order valence-electron chi connectivity index (χ2n) is 3.70. The Morgan fingerprint density at radius 2 is 2.27 bits per heavy atom. The predicted octanol–water partition coefficient (Wildman–Crippen LogP) is -0.306. The molecule has 1 rings (SSSR count). The van der Waals surface area contributed by atoms with E-state index >= 15 is 0 Å². The minimum Gasteiger partial charge on any atom is -0.380 e. The molecule has 0 amide bonds. The number of ether oxygens (including phenoxy) is 1. The molecule has 0 spiro atoms. The standard InChI is InChI=1S/C9H20N2O3S/c1-2-10-5-3-7-15(12,13)11-9-4-6-14-8-9/h9-11H,2-8H2,1H3. The molecule has 1 unspecified atom stereocenters. The van der Waals surface area contributed by atoms with Crippen molar-refractivity contribution in [2.45, 2.75) is 25.8 Å². The van der Waals surface area contributed by atoms with E-state index in [1.165, 1.54) is 0 Å². The van der Waals surface area contributed by atoms with Crippen molar-refractivity contribution in [3.05, 3.63) is 0 Å². The summed E-state index contributed by atoms with van der Waals surface area (Å²) in [4.78, 5) is 0. The minimum atomic E-state index is -3.12. The van der Waals surface area contributed by atoms with E-state index in [-0.39, 0.29) is 11.8 Å². The van der Waals surface area contributed by atoms with Crippen LogP contribution in [0.1, 0.15) is 19.8 Å². The molecule has 5 nitrogen and oxygen atoms in total. The van der Waals surface area contributed by atoms with Crippen molar-refractivity contribution in [2.75, 3.05) is 32.1 Å². The van der Waals surface area contributed by atoms with Crippen LogP contribution in [-0.4, -0.2) is 46.5 Å². The third-order valence-corrected chi connectivity index (χ3v) is 3.81. The van der Waals surface area contributed by atoms with Gasteiger partial charge in [-0.1, -0.05) is 6.92 Å². The molecule has 6 heteroatoms. The van der Waals surface area contributed by atoms with E-state index in [9.17, 15) is 8.42 Å². The van der Waals surface area contributed by atoms with E-state index < -0.39 is 10.0 Å². The third-order valence-electron chi connectivity index (χ3n) is 2.29. The Hall–Kier alpha value is -0.170. The molecule has 90 valence electrons. The SMILES string of the molecule is CCNCCCS(=O)(=O)NC1CCOC1. The summed E-state index contributed by atoms with van der Waals surface area (Å²) in [6, 6.07) is -0.0193. The van der Waals surface area contributed by atoms with Gasteiger partial charge in [0.25, 0.3) is 0 Å². The monoisotopic (exact) mass is 236 g/mol. The smallest absolute Gasteiger partial charge is 0.211 e. The maximum Gasteiger partial charge on any atom is 0.211 e. The molecule has 0 saturated carbocycles. The summed E-state index contributed by atoms with van der Waals surface area (Å²) in [5.41, 5.74) is 0. The molecule has 1 aliphatic rings. The highest BCUT2D eigenvalue weighted by Crippen LogP contribution is 2.05. The van der Waals surface area contributed by atoms with Crippen molar-refractivity contribution in [2.24, 2.45) is 0 Å². The molecule has 2 N–H and O–H groups in total. The molecule has 0 aromatic carbocycles. The van der Waals surface area contributed by atoms with Crippen LogP contribution in [0.15, 0.2) is 0 Å². The summed E-state index contributed by atoms with van der Waals surface area (Å²) in [6.07, 6.45) is 1.43. The molecule has 0 aromatic heterocycles. The maximum absolute atomic E-state index is 11.6. The van der Waals surface area contributed by atoms with E-state index in [1.807, 2.05) is 6.92 Å². The molecule has 0 radical (unpaired) electrons. The van der Waals surface area contributed by atoms with Gasteiger partial charge in [-0.2, -0.15) is 0 Å². The molecule has 1 fully saturated rings. The highest BCUT2D eigenvalue weighted by molar-refractivity contribution is 7.89. The van der Waals surface area contributed by atoms with Gasteiger partial charge < -0.3 is 10.1 Å². The van der Waals surface area contributed by atoms with Gasteiger partial charge in [-0.25, -0.2) is 13.1 Å². The fraction of sp³-hybridized carbons (Fsp3) is 1.00. The summed E-state index contributed by atoms with van der Waals surface area (Å²) in [6.45, 7) is 4.79. The largest absolute Gasteiger partial charge is 0.380 e. The van der Waals surface area contributed by atoms with Gasteiger partial charge in [-0.05, 0) is 25.9 Å². The lowest BCUT2D eigenvalue weighted by Gasteiger charge is -2.11. The number of nitrogens with one attached hydrogen (secondary N) is 2. The third kappa shape index (κ3) is 5.46. The number of hydrogen-bond acceptors (Lipinski definition) is 4. The molecule has 1 aliphatic heterocycles. The van der Waals surface area contributed by atoms with Crippen molar-refractivity contribution in [3.63, 3.8) is 0 Å². The molecule has 1 heterocycles. The fourth-order valence-electron chi connectivity index (χ4n) is 1.50. The second-order valence-corrected chi connectivity index (χ2v) is 5.58. The summed E-state index contributed by atoms with van der Waals surface area (Å²) in [5.74, 6) is 0.191.